The van der Waals surface area contributed by atoms with Crippen molar-refractivity contribution in [1.82, 2.24) is 25.6 Å². The summed E-state index contributed by atoms with van der Waals surface area (Å²) >= 11 is 12.5. The first-order valence-corrected chi connectivity index (χ1v) is 11.6. The standard InChI is InChI=1S/C20H29Cl2N5O3/c21-15-5-13(6-16(22)7-15)12-30-19(29)27-3-1-20(2-4-27)8-14(9-20)18(28)23-10-17-11-24-26-25-17/h11,13-16H,1-10,12H2,(H,23,28)(H,24,25,26). The number of aromatic amines is 1. The quantitative estimate of drug-likeness (QED) is 0.661. The fourth-order valence-corrected chi connectivity index (χ4v) is 6.11. The van der Waals surface area contributed by atoms with E-state index in [4.69, 9.17) is 27.9 Å². The van der Waals surface area contributed by atoms with Crippen LogP contribution < -0.4 is 5.32 Å². The molecule has 0 bridgehead atoms. The molecular formula is C20H29Cl2N5O3. The molecule has 1 aromatic heterocycles. The highest BCUT2D eigenvalue weighted by Gasteiger charge is 2.49. The van der Waals surface area contributed by atoms with E-state index in [2.05, 4.69) is 20.7 Å². The van der Waals surface area contributed by atoms with Crippen molar-refractivity contribution in [2.45, 2.75) is 62.2 Å². The Balaban J connectivity index is 1.15. The predicted octanol–water partition coefficient (Wildman–Crippen LogP) is 3.06. The molecule has 0 radical (unpaired) electrons. The molecule has 1 saturated heterocycles. The normalized spacial score (nSPS) is 28.7. The Hall–Kier alpha value is -1.54. The molecule has 2 aliphatic carbocycles. The average molecular weight is 458 g/mol. The van der Waals surface area contributed by atoms with Gasteiger partial charge in [0.1, 0.15) is 5.69 Å². The summed E-state index contributed by atoms with van der Waals surface area (Å²) in [7, 11) is 0. The lowest BCUT2D eigenvalue weighted by atomic mass is 9.57. The number of aromatic nitrogens is 3. The van der Waals surface area contributed by atoms with E-state index in [0.717, 1.165) is 50.6 Å². The van der Waals surface area contributed by atoms with E-state index >= 15 is 0 Å². The number of carbonyl (C=O) groups excluding carboxylic acids is 2. The van der Waals surface area contributed by atoms with E-state index in [1.807, 2.05) is 0 Å². The lowest BCUT2D eigenvalue weighted by molar-refractivity contribution is -0.135. The summed E-state index contributed by atoms with van der Waals surface area (Å²) in [5, 5.41) is 13.3. The second-order valence-electron chi connectivity index (χ2n) is 9.12. The molecule has 2 atom stereocenters. The van der Waals surface area contributed by atoms with Crippen LogP contribution in [0.5, 0.6) is 0 Å². The Labute approximate surface area is 186 Å². The van der Waals surface area contributed by atoms with Crippen molar-refractivity contribution in [3.05, 3.63) is 11.9 Å². The van der Waals surface area contributed by atoms with Gasteiger partial charge in [-0.05, 0) is 56.3 Å². The molecule has 0 aromatic carbocycles. The van der Waals surface area contributed by atoms with Gasteiger partial charge in [-0.2, -0.15) is 15.4 Å². The van der Waals surface area contributed by atoms with Gasteiger partial charge in [0, 0.05) is 29.8 Å². The van der Waals surface area contributed by atoms with E-state index in [1.54, 1.807) is 11.1 Å². The molecule has 166 valence electrons. The first-order valence-electron chi connectivity index (χ1n) is 10.7. The van der Waals surface area contributed by atoms with Crippen molar-refractivity contribution in [2.75, 3.05) is 19.7 Å². The van der Waals surface area contributed by atoms with Crippen LogP contribution in [0.4, 0.5) is 4.79 Å². The molecule has 1 spiro atoms. The fraction of sp³-hybridized carbons (Fsp3) is 0.800. The number of nitrogens with zero attached hydrogens (tertiary/aromatic N) is 3. The van der Waals surface area contributed by atoms with E-state index in [0.29, 0.717) is 26.2 Å². The summed E-state index contributed by atoms with van der Waals surface area (Å²) in [6.45, 7) is 2.16. The van der Waals surface area contributed by atoms with Crippen LogP contribution in [0.2, 0.25) is 0 Å². The molecule has 1 aromatic rings. The van der Waals surface area contributed by atoms with Gasteiger partial charge in [0.05, 0.1) is 19.3 Å². The van der Waals surface area contributed by atoms with Crippen LogP contribution in [0.25, 0.3) is 0 Å². The zero-order valence-electron chi connectivity index (χ0n) is 17.0. The summed E-state index contributed by atoms with van der Waals surface area (Å²) in [6.07, 6.45) is 7.50. The molecule has 3 aliphatic rings. The first-order chi connectivity index (χ1) is 14.4. The van der Waals surface area contributed by atoms with Gasteiger partial charge in [-0.25, -0.2) is 4.79 Å². The molecule has 8 nitrogen and oxygen atoms in total. The van der Waals surface area contributed by atoms with E-state index in [-0.39, 0.29) is 40.0 Å². The molecular weight excluding hydrogens is 429 g/mol. The molecule has 2 N–H and O–H groups in total. The molecule has 2 heterocycles. The number of amides is 2. The van der Waals surface area contributed by atoms with E-state index in [1.165, 1.54) is 0 Å². The highest BCUT2D eigenvalue weighted by Crippen LogP contribution is 2.52. The average Bonchev–Trinajstić information content (AvgIpc) is 3.21. The summed E-state index contributed by atoms with van der Waals surface area (Å²) in [4.78, 5) is 26.6. The zero-order chi connectivity index (χ0) is 21.1. The Bertz CT molecular complexity index is 721. The summed E-state index contributed by atoms with van der Waals surface area (Å²) < 4.78 is 5.56. The van der Waals surface area contributed by atoms with Crippen LogP contribution in [0, 0.1) is 17.3 Å². The van der Waals surface area contributed by atoms with Crippen LogP contribution in [0.3, 0.4) is 0 Å². The smallest absolute Gasteiger partial charge is 0.409 e. The number of carbonyl (C=O) groups is 2. The molecule has 1 aliphatic heterocycles. The van der Waals surface area contributed by atoms with Gasteiger partial charge in [-0.1, -0.05) is 0 Å². The topological polar surface area (TPSA) is 100 Å². The van der Waals surface area contributed by atoms with E-state index in [9.17, 15) is 9.59 Å². The van der Waals surface area contributed by atoms with Crippen LogP contribution in [-0.4, -0.2) is 62.8 Å². The third-order valence-electron chi connectivity index (χ3n) is 6.85. The van der Waals surface area contributed by atoms with Crippen molar-refractivity contribution in [2.24, 2.45) is 17.3 Å². The maximum Gasteiger partial charge on any atom is 0.409 e. The number of piperidine rings is 1. The molecule has 3 fully saturated rings. The fourth-order valence-electron chi connectivity index (χ4n) is 5.08. The van der Waals surface area contributed by atoms with Gasteiger partial charge in [0.2, 0.25) is 5.91 Å². The first kappa shape index (κ1) is 21.7. The minimum atomic E-state index is -0.242. The summed E-state index contributed by atoms with van der Waals surface area (Å²) in [6, 6.07) is 0. The van der Waals surface area contributed by atoms with Crippen LogP contribution >= 0.6 is 23.2 Å². The Morgan fingerprint density at radius 1 is 1.20 bits per heavy atom. The molecule has 4 rings (SSSR count). The Morgan fingerprint density at radius 2 is 1.90 bits per heavy atom. The van der Waals surface area contributed by atoms with Crippen molar-refractivity contribution in [3.8, 4) is 0 Å². The second kappa shape index (κ2) is 9.30. The molecule has 30 heavy (non-hydrogen) atoms. The summed E-state index contributed by atoms with van der Waals surface area (Å²) in [5.74, 6) is 0.369. The van der Waals surface area contributed by atoms with E-state index < -0.39 is 0 Å². The number of hydrogen-bond donors (Lipinski definition) is 2. The third kappa shape index (κ3) is 5.19. The van der Waals surface area contributed by atoms with Gasteiger partial charge < -0.3 is 15.0 Å². The van der Waals surface area contributed by atoms with Gasteiger partial charge in [0.15, 0.2) is 0 Å². The van der Waals surface area contributed by atoms with Crippen LogP contribution in [0.15, 0.2) is 6.20 Å². The van der Waals surface area contributed by atoms with Gasteiger partial charge in [0.25, 0.3) is 0 Å². The largest absolute Gasteiger partial charge is 0.449 e. The number of hydrogen-bond acceptors (Lipinski definition) is 5. The predicted molar refractivity (Wildman–Crippen MR) is 112 cm³/mol. The van der Waals surface area contributed by atoms with Gasteiger partial charge in [-0.3, -0.25) is 4.79 Å². The highest BCUT2D eigenvalue weighted by molar-refractivity contribution is 6.23. The second-order valence-corrected chi connectivity index (χ2v) is 10.4. The number of ether oxygens (including phenoxy) is 1. The van der Waals surface area contributed by atoms with Gasteiger partial charge in [-0.15, -0.1) is 23.2 Å². The molecule has 10 heteroatoms. The third-order valence-corrected chi connectivity index (χ3v) is 7.57. The maximum atomic E-state index is 12.5. The van der Waals surface area contributed by atoms with Gasteiger partial charge >= 0.3 is 6.09 Å². The number of halogens is 2. The number of H-pyrrole nitrogens is 1. The zero-order valence-corrected chi connectivity index (χ0v) is 18.5. The number of rotatable bonds is 5. The Kier molecular flexibility index (Phi) is 6.72. The Morgan fingerprint density at radius 3 is 2.53 bits per heavy atom. The number of nitrogens with one attached hydrogen (secondary N) is 2. The minimum Gasteiger partial charge on any atom is -0.449 e. The van der Waals surface area contributed by atoms with Crippen molar-refractivity contribution < 1.29 is 14.3 Å². The number of alkyl halides is 2. The summed E-state index contributed by atoms with van der Waals surface area (Å²) in [5.41, 5.74) is 0.911. The van der Waals surface area contributed by atoms with Crippen molar-refractivity contribution in [3.63, 3.8) is 0 Å². The maximum absolute atomic E-state index is 12.5. The number of likely N-dealkylation sites (tertiary alicyclic amines) is 1. The highest BCUT2D eigenvalue weighted by atomic mass is 35.5. The monoisotopic (exact) mass is 457 g/mol. The SMILES string of the molecule is O=C(NCc1cn[nH]n1)C1CC2(CCN(C(=O)OCC3CC(Cl)CC(Cl)C3)CC2)C1. The van der Waals surface area contributed by atoms with Crippen molar-refractivity contribution >= 4 is 35.2 Å². The lowest BCUT2D eigenvalue weighted by Gasteiger charge is -2.51. The van der Waals surface area contributed by atoms with Crippen LogP contribution in [-0.2, 0) is 16.1 Å². The molecule has 2 saturated carbocycles. The van der Waals surface area contributed by atoms with Crippen LogP contribution in [0.1, 0.15) is 50.6 Å². The van der Waals surface area contributed by atoms with Crippen molar-refractivity contribution in [1.29, 1.82) is 0 Å². The molecule has 2 unspecified atom stereocenters. The molecule has 2 amide bonds. The minimum absolute atomic E-state index is 0.0497. The lowest BCUT2D eigenvalue weighted by Crippen LogP contribution is -2.52.